The van der Waals surface area contributed by atoms with Crippen molar-refractivity contribution in [1.82, 2.24) is 15.5 Å². The third-order valence-electron chi connectivity index (χ3n) is 3.15. The highest BCUT2D eigenvalue weighted by Gasteiger charge is 2.26. The minimum absolute atomic E-state index is 0.0517. The quantitative estimate of drug-likeness (QED) is 0.533. The number of aliphatic hydroxyl groups is 1. The van der Waals surface area contributed by atoms with E-state index in [-0.39, 0.29) is 12.1 Å². The monoisotopic (exact) mass is 213 g/mol. The summed E-state index contributed by atoms with van der Waals surface area (Å²) in [7, 11) is 0. The van der Waals surface area contributed by atoms with E-state index >= 15 is 0 Å². The molecule has 2 aliphatic rings. The van der Waals surface area contributed by atoms with Crippen LogP contribution in [0.1, 0.15) is 12.8 Å². The normalized spacial score (nSPS) is 30.2. The van der Waals surface area contributed by atoms with Gasteiger partial charge in [0.15, 0.2) is 0 Å². The molecule has 0 bridgehead atoms. The van der Waals surface area contributed by atoms with Crippen molar-refractivity contribution in [2.75, 3.05) is 32.7 Å². The fourth-order valence-corrected chi connectivity index (χ4v) is 2.11. The van der Waals surface area contributed by atoms with Crippen LogP contribution in [0, 0.1) is 5.92 Å². The zero-order chi connectivity index (χ0) is 10.7. The van der Waals surface area contributed by atoms with Crippen LogP contribution in [0.25, 0.3) is 0 Å². The summed E-state index contributed by atoms with van der Waals surface area (Å²) >= 11 is 0. The number of carbonyl (C=O) groups excluding carboxylic acids is 1. The van der Waals surface area contributed by atoms with Crippen LogP contribution in [-0.2, 0) is 0 Å². The number of carbonyl (C=O) groups is 1. The van der Waals surface area contributed by atoms with E-state index in [0.29, 0.717) is 5.92 Å². The van der Waals surface area contributed by atoms with E-state index in [9.17, 15) is 4.79 Å². The summed E-state index contributed by atoms with van der Waals surface area (Å²) in [6.45, 7) is 4.18. The summed E-state index contributed by atoms with van der Waals surface area (Å²) in [6, 6.07) is 0.0517. The van der Waals surface area contributed by atoms with Crippen LogP contribution < -0.4 is 10.6 Å². The molecule has 0 aromatic heterocycles. The molecule has 3 N–H and O–H groups in total. The zero-order valence-corrected chi connectivity index (χ0v) is 8.91. The van der Waals surface area contributed by atoms with Gasteiger partial charge in [0.1, 0.15) is 0 Å². The van der Waals surface area contributed by atoms with Crippen LogP contribution in [0.5, 0.6) is 0 Å². The number of aliphatic hydroxyl groups excluding tert-OH is 1. The first kappa shape index (κ1) is 10.7. The molecule has 0 spiro atoms. The lowest BCUT2D eigenvalue weighted by Gasteiger charge is -2.31. The van der Waals surface area contributed by atoms with Gasteiger partial charge < -0.3 is 20.6 Å². The average Bonchev–Trinajstić information content (AvgIpc) is 2.55. The van der Waals surface area contributed by atoms with Crippen molar-refractivity contribution in [1.29, 1.82) is 0 Å². The number of hydrogen-bond acceptors (Lipinski definition) is 3. The first-order chi connectivity index (χ1) is 7.25. The van der Waals surface area contributed by atoms with Gasteiger partial charge in [0.2, 0.25) is 0 Å². The molecule has 1 saturated heterocycles. The largest absolute Gasteiger partial charge is 0.393 e. The molecule has 1 aliphatic carbocycles. The minimum atomic E-state index is -0.0684. The van der Waals surface area contributed by atoms with Gasteiger partial charge in [0.05, 0.1) is 6.10 Å². The van der Waals surface area contributed by atoms with Gasteiger partial charge in [-0.25, -0.2) is 4.79 Å². The Balaban J connectivity index is 1.50. The number of nitrogens with zero attached hydrogens (tertiary/aromatic N) is 1. The van der Waals surface area contributed by atoms with Gasteiger partial charge >= 0.3 is 6.03 Å². The molecule has 15 heavy (non-hydrogen) atoms. The number of hydrogen-bond donors (Lipinski definition) is 3. The molecule has 2 rings (SSSR count). The molecule has 0 radical (unpaired) electrons. The SMILES string of the molecule is O=C1NCCN1CCNCC1CC(O)C1. The lowest BCUT2D eigenvalue weighted by atomic mass is 9.82. The number of rotatable bonds is 5. The highest BCUT2D eigenvalue weighted by atomic mass is 16.3. The Morgan fingerprint density at radius 3 is 2.93 bits per heavy atom. The molecule has 0 aromatic rings. The van der Waals surface area contributed by atoms with Gasteiger partial charge in [-0.1, -0.05) is 0 Å². The van der Waals surface area contributed by atoms with Gasteiger partial charge in [0.25, 0.3) is 0 Å². The Morgan fingerprint density at radius 2 is 2.33 bits per heavy atom. The van der Waals surface area contributed by atoms with E-state index in [1.165, 1.54) is 0 Å². The van der Waals surface area contributed by atoms with Crippen molar-refractivity contribution in [3.8, 4) is 0 Å². The third kappa shape index (κ3) is 2.82. The topological polar surface area (TPSA) is 64.6 Å². The second-order valence-corrected chi connectivity index (χ2v) is 4.41. The van der Waals surface area contributed by atoms with Crippen LogP contribution in [-0.4, -0.2) is 54.9 Å². The van der Waals surface area contributed by atoms with E-state index in [4.69, 9.17) is 5.11 Å². The maximum absolute atomic E-state index is 11.2. The molecule has 0 aromatic carbocycles. The van der Waals surface area contributed by atoms with E-state index in [0.717, 1.165) is 45.6 Å². The Kier molecular flexibility index (Phi) is 3.43. The molecule has 86 valence electrons. The molecular weight excluding hydrogens is 194 g/mol. The number of amides is 2. The van der Waals surface area contributed by atoms with Crippen molar-refractivity contribution in [2.24, 2.45) is 5.92 Å². The maximum atomic E-state index is 11.2. The molecule has 2 fully saturated rings. The van der Waals surface area contributed by atoms with Gasteiger partial charge in [0, 0.05) is 26.2 Å². The fraction of sp³-hybridized carbons (Fsp3) is 0.900. The minimum Gasteiger partial charge on any atom is -0.393 e. The number of urea groups is 1. The first-order valence-electron chi connectivity index (χ1n) is 5.67. The second kappa shape index (κ2) is 4.81. The first-order valence-corrected chi connectivity index (χ1v) is 5.67. The molecule has 2 amide bonds. The predicted molar refractivity (Wildman–Crippen MR) is 56.6 cm³/mol. The summed E-state index contributed by atoms with van der Waals surface area (Å²) in [4.78, 5) is 13.0. The second-order valence-electron chi connectivity index (χ2n) is 4.41. The van der Waals surface area contributed by atoms with Gasteiger partial charge in [-0.05, 0) is 25.3 Å². The lowest BCUT2D eigenvalue weighted by Crippen LogP contribution is -2.39. The highest BCUT2D eigenvalue weighted by molar-refractivity contribution is 5.76. The van der Waals surface area contributed by atoms with Crippen molar-refractivity contribution in [2.45, 2.75) is 18.9 Å². The van der Waals surface area contributed by atoms with Crippen LogP contribution in [0.4, 0.5) is 4.79 Å². The molecule has 5 nitrogen and oxygen atoms in total. The molecule has 1 saturated carbocycles. The lowest BCUT2D eigenvalue weighted by molar-refractivity contribution is 0.0430. The zero-order valence-electron chi connectivity index (χ0n) is 8.91. The van der Waals surface area contributed by atoms with Gasteiger partial charge in [-0.2, -0.15) is 0 Å². The predicted octanol–water partition coefficient (Wildman–Crippen LogP) is -0.628. The fourth-order valence-electron chi connectivity index (χ4n) is 2.11. The smallest absolute Gasteiger partial charge is 0.317 e. The Hall–Kier alpha value is -0.810. The maximum Gasteiger partial charge on any atom is 0.317 e. The van der Waals surface area contributed by atoms with E-state index in [1.807, 2.05) is 4.90 Å². The Morgan fingerprint density at radius 1 is 1.53 bits per heavy atom. The van der Waals surface area contributed by atoms with E-state index in [1.54, 1.807) is 0 Å². The molecule has 0 unspecified atom stereocenters. The molecule has 0 atom stereocenters. The molecule has 5 heteroatoms. The molecule has 1 aliphatic heterocycles. The van der Waals surface area contributed by atoms with Crippen molar-refractivity contribution >= 4 is 6.03 Å². The van der Waals surface area contributed by atoms with Gasteiger partial charge in [-0.15, -0.1) is 0 Å². The van der Waals surface area contributed by atoms with Gasteiger partial charge in [-0.3, -0.25) is 0 Å². The summed E-state index contributed by atoms with van der Waals surface area (Å²) in [5, 5.41) is 15.2. The Bertz CT molecular complexity index is 229. The van der Waals surface area contributed by atoms with Crippen LogP contribution in [0.15, 0.2) is 0 Å². The van der Waals surface area contributed by atoms with Crippen LogP contribution in [0.2, 0.25) is 0 Å². The summed E-state index contributed by atoms with van der Waals surface area (Å²) < 4.78 is 0. The highest BCUT2D eigenvalue weighted by Crippen LogP contribution is 2.25. The summed E-state index contributed by atoms with van der Waals surface area (Å²) in [6.07, 6.45) is 1.79. The van der Waals surface area contributed by atoms with E-state index < -0.39 is 0 Å². The van der Waals surface area contributed by atoms with Crippen LogP contribution in [0.3, 0.4) is 0 Å². The molecular formula is C10H19N3O2. The van der Waals surface area contributed by atoms with Crippen molar-refractivity contribution in [3.05, 3.63) is 0 Å². The van der Waals surface area contributed by atoms with Crippen molar-refractivity contribution in [3.63, 3.8) is 0 Å². The Labute approximate surface area is 89.8 Å². The average molecular weight is 213 g/mol. The summed E-state index contributed by atoms with van der Waals surface area (Å²) in [5.41, 5.74) is 0. The summed E-state index contributed by atoms with van der Waals surface area (Å²) in [5.74, 6) is 0.632. The standard InChI is InChI=1S/C10H19N3O2/c14-9-5-8(6-9)7-11-1-3-13-4-2-12-10(13)15/h8-9,11,14H,1-7H2,(H,12,15). The number of nitrogens with one attached hydrogen (secondary N) is 2. The van der Waals surface area contributed by atoms with Crippen LogP contribution >= 0.6 is 0 Å². The van der Waals surface area contributed by atoms with Crippen molar-refractivity contribution < 1.29 is 9.90 Å². The van der Waals surface area contributed by atoms with E-state index in [2.05, 4.69) is 10.6 Å². The molecule has 1 heterocycles. The third-order valence-corrected chi connectivity index (χ3v) is 3.15.